The van der Waals surface area contributed by atoms with Gasteiger partial charge in [0, 0.05) is 24.3 Å². The molecule has 1 aliphatic rings. The van der Waals surface area contributed by atoms with Gasteiger partial charge in [-0.2, -0.15) is 0 Å². The summed E-state index contributed by atoms with van der Waals surface area (Å²) in [5, 5.41) is 2.92. The maximum absolute atomic E-state index is 12.9. The van der Waals surface area contributed by atoms with Gasteiger partial charge in [0.25, 0.3) is 5.91 Å². The van der Waals surface area contributed by atoms with E-state index in [0.29, 0.717) is 29.9 Å². The molecule has 2 aromatic carbocycles. The second-order valence-corrected chi connectivity index (χ2v) is 7.90. The standard InChI is InChI=1S/C24H28N2O4/c1-15-7-9-18(10-8-15)23(28)26-11-5-6-19(14-26)22(27)25-20-12-16(2)17(3)21(13-20)24(29)30-4/h7-10,12-13,19H,5-6,11,14H2,1-4H3,(H,25,27). The van der Waals surface area contributed by atoms with Crippen molar-refractivity contribution in [2.75, 3.05) is 25.5 Å². The molecular weight excluding hydrogens is 380 g/mol. The van der Waals surface area contributed by atoms with Crippen molar-refractivity contribution < 1.29 is 19.1 Å². The number of amides is 2. The largest absolute Gasteiger partial charge is 0.465 e. The van der Waals surface area contributed by atoms with Crippen molar-refractivity contribution in [3.63, 3.8) is 0 Å². The number of carbonyl (C=O) groups excluding carboxylic acids is 3. The zero-order valence-corrected chi connectivity index (χ0v) is 18.0. The number of aryl methyl sites for hydroxylation is 2. The van der Waals surface area contributed by atoms with Crippen molar-refractivity contribution in [2.24, 2.45) is 5.92 Å². The average molecular weight is 408 g/mol. The molecule has 0 aromatic heterocycles. The normalized spacial score (nSPS) is 16.1. The summed E-state index contributed by atoms with van der Waals surface area (Å²) in [5.41, 5.74) is 4.46. The number of methoxy groups -OCH3 is 1. The first-order valence-corrected chi connectivity index (χ1v) is 10.2. The lowest BCUT2D eigenvalue weighted by atomic mass is 9.95. The van der Waals surface area contributed by atoms with E-state index < -0.39 is 5.97 Å². The number of rotatable bonds is 4. The minimum Gasteiger partial charge on any atom is -0.465 e. The number of likely N-dealkylation sites (tertiary alicyclic amines) is 1. The van der Waals surface area contributed by atoms with Gasteiger partial charge in [-0.3, -0.25) is 9.59 Å². The molecule has 158 valence electrons. The molecule has 0 radical (unpaired) electrons. The van der Waals surface area contributed by atoms with E-state index in [4.69, 9.17) is 4.74 Å². The van der Waals surface area contributed by atoms with E-state index in [2.05, 4.69) is 5.32 Å². The summed E-state index contributed by atoms with van der Waals surface area (Å²) < 4.78 is 4.84. The zero-order valence-electron chi connectivity index (χ0n) is 18.0. The predicted molar refractivity (Wildman–Crippen MR) is 116 cm³/mol. The SMILES string of the molecule is COC(=O)c1cc(NC(=O)C2CCCN(C(=O)c3ccc(C)cc3)C2)cc(C)c1C. The first-order valence-electron chi connectivity index (χ1n) is 10.2. The number of hydrogen-bond acceptors (Lipinski definition) is 4. The number of nitrogens with one attached hydrogen (secondary N) is 1. The van der Waals surface area contributed by atoms with Crippen LogP contribution in [0.2, 0.25) is 0 Å². The van der Waals surface area contributed by atoms with Crippen LogP contribution in [0.1, 0.15) is 50.2 Å². The maximum Gasteiger partial charge on any atom is 0.338 e. The molecule has 0 aliphatic carbocycles. The minimum atomic E-state index is -0.431. The number of ether oxygens (including phenoxy) is 1. The first-order chi connectivity index (χ1) is 14.3. The van der Waals surface area contributed by atoms with Gasteiger partial charge in [-0.05, 0) is 69.0 Å². The molecule has 1 N–H and O–H groups in total. The number of nitrogens with zero attached hydrogens (tertiary/aromatic N) is 1. The van der Waals surface area contributed by atoms with Gasteiger partial charge < -0.3 is 15.0 Å². The number of benzene rings is 2. The molecule has 30 heavy (non-hydrogen) atoms. The van der Waals surface area contributed by atoms with Crippen molar-refractivity contribution >= 4 is 23.5 Å². The first kappa shape index (κ1) is 21.6. The van der Waals surface area contributed by atoms with Crippen LogP contribution in [0.5, 0.6) is 0 Å². The molecule has 1 heterocycles. The molecule has 2 aromatic rings. The summed E-state index contributed by atoms with van der Waals surface area (Å²) >= 11 is 0. The number of esters is 1. The Balaban J connectivity index is 1.71. The van der Waals surface area contributed by atoms with Crippen LogP contribution in [0.15, 0.2) is 36.4 Å². The van der Waals surface area contributed by atoms with E-state index in [1.165, 1.54) is 7.11 Å². The summed E-state index contributed by atoms with van der Waals surface area (Å²) in [6.45, 7) is 6.75. The van der Waals surface area contributed by atoms with Crippen LogP contribution >= 0.6 is 0 Å². The van der Waals surface area contributed by atoms with Crippen LogP contribution in [0.4, 0.5) is 5.69 Å². The third kappa shape index (κ3) is 4.70. The van der Waals surface area contributed by atoms with Gasteiger partial charge in [-0.1, -0.05) is 17.7 Å². The van der Waals surface area contributed by atoms with Crippen LogP contribution in [0.25, 0.3) is 0 Å². The second-order valence-electron chi connectivity index (χ2n) is 7.90. The molecule has 6 heteroatoms. The highest BCUT2D eigenvalue weighted by Crippen LogP contribution is 2.24. The van der Waals surface area contributed by atoms with Crippen molar-refractivity contribution in [2.45, 2.75) is 33.6 Å². The summed E-state index contributed by atoms with van der Waals surface area (Å²) in [6.07, 6.45) is 1.49. The Hall–Kier alpha value is -3.15. The summed E-state index contributed by atoms with van der Waals surface area (Å²) in [5.74, 6) is -0.919. The lowest BCUT2D eigenvalue weighted by Gasteiger charge is -2.32. The number of piperidine rings is 1. The van der Waals surface area contributed by atoms with Crippen LogP contribution in [-0.4, -0.2) is 42.9 Å². The zero-order chi connectivity index (χ0) is 21.8. The Morgan fingerprint density at radius 2 is 1.77 bits per heavy atom. The molecular formula is C24H28N2O4. The van der Waals surface area contributed by atoms with E-state index in [0.717, 1.165) is 29.5 Å². The van der Waals surface area contributed by atoms with E-state index >= 15 is 0 Å². The van der Waals surface area contributed by atoms with Gasteiger partial charge >= 0.3 is 5.97 Å². The molecule has 2 amide bonds. The molecule has 1 aliphatic heterocycles. The quantitative estimate of drug-likeness (QED) is 0.779. The highest BCUT2D eigenvalue weighted by molar-refractivity contribution is 5.98. The fraction of sp³-hybridized carbons (Fsp3) is 0.375. The molecule has 6 nitrogen and oxygen atoms in total. The summed E-state index contributed by atoms with van der Waals surface area (Å²) in [7, 11) is 1.34. The maximum atomic E-state index is 12.9. The highest BCUT2D eigenvalue weighted by atomic mass is 16.5. The summed E-state index contributed by atoms with van der Waals surface area (Å²) in [4.78, 5) is 39.5. The number of anilines is 1. The lowest BCUT2D eigenvalue weighted by molar-refractivity contribution is -0.121. The molecule has 3 rings (SSSR count). The van der Waals surface area contributed by atoms with E-state index in [-0.39, 0.29) is 17.7 Å². The lowest BCUT2D eigenvalue weighted by Crippen LogP contribution is -2.43. The smallest absolute Gasteiger partial charge is 0.338 e. The van der Waals surface area contributed by atoms with Gasteiger partial charge in [0.05, 0.1) is 18.6 Å². The Morgan fingerprint density at radius 1 is 1.07 bits per heavy atom. The van der Waals surface area contributed by atoms with Crippen LogP contribution < -0.4 is 5.32 Å². The van der Waals surface area contributed by atoms with Gasteiger partial charge in [-0.25, -0.2) is 4.79 Å². The molecule has 1 unspecified atom stereocenters. The van der Waals surface area contributed by atoms with Crippen LogP contribution in [0, 0.1) is 26.7 Å². The average Bonchev–Trinajstić information content (AvgIpc) is 2.75. The van der Waals surface area contributed by atoms with Crippen LogP contribution in [0.3, 0.4) is 0 Å². The second kappa shape index (κ2) is 9.11. The van der Waals surface area contributed by atoms with Gasteiger partial charge in [-0.15, -0.1) is 0 Å². The Kier molecular flexibility index (Phi) is 6.55. The molecule has 0 bridgehead atoms. The monoisotopic (exact) mass is 408 g/mol. The fourth-order valence-corrected chi connectivity index (χ4v) is 3.75. The Labute approximate surface area is 177 Å². The highest BCUT2D eigenvalue weighted by Gasteiger charge is 2.29. The van der Waals surface area contributed by atoms with Crippen molar-refractivity contribution in [1.29, 1.82) is 0 Å². The minimum absolute atomic E-state index is 0.0494. The Morgan fingerprint density at radius 3 is 2.43 bits per heavy atom. The third-order valence-corrected chi connectivity index (χ3v) is 5.72. The fourth-order valence-electron chi connectivity index (χ4n) is 3.75. The van der Waals surface area contributed by atoms with E-state index in [9.17, 15) is 14.4 Å². The molecule has 0 saturated carbocycles. The summed E-state index contributed by atoms with van der Waals surface area (Å²) in [6, 6.07) is 11.0. The van der Waals surface area contributed by atoms with Gasteiger partial charge in [0.15, 0.2) is 0 Å². The van der Waals surface area contributed by atoms with Crippen LogP contribution in [-0.2, 0) is 9.53 Å². The molecule has 1 atom stereocenters. The van der Waals surface area contributed by atoms with E-state index in [1.807, 2.05) is 51.1 Å². The topological polar surface area (TPSA) is 75.7 Å². The third-order valence-electron chi connectivity index (χ3n) is 5.72. The van der Waals surface area contributed by atoms with Gasteiger partial charge in [0.1, 0.15) is 0 Å². The van der Waals surface area contributed by atoms with Crippen molar-refractivity contribution in [3.8, 4) is 0 Å². The van der Waals surface area contributed by atoms with Crippen molar-refractivity contribution in [1.82, 2.24) is 4.90 Å². The number of hydrogen-bond donors (Lipinski definition) is 1. The Bertz CT molecular complexity index is 966. The predicted octanol–water partition coefficient (Wildman–Crippen LogP) is 3.89. The number of carbonyl (C=O) groups is 3. The van der Waals surface area contributed by atoms with Gasteiger partial charge in [0.2, 0.25) is 5.91 Å². The molecule has 0 spiro atoms. The van der Waals surface area contributed by atoms with Crippen molar-refractivity contribution in [3.05, 3.63) is 64.2 Å². The van der Waals surface area contributed by atoms with E-state index in [1.54, 1.807) is 11.0 Å². The molecule has 1 fully saturated rings. The molecule has 1 saturated heterocycles.